The lowest BCUT2D eigenvalue weighted by atomic mass is 10.3. The quantitative estimate of drug-likeness (QED) is 0.404. The molecule has 0 saturated carbocycles. The number of aromatic nitrogens is 2. The van der Waals surface area contributed by atoms with Crippen LogP contribution < -0.4 is 11.1 Å². The molecule has 0 aliphatic heterocycles. The zero-order chi connectivity index (χ0) is 16.4. The first-order valence-corrected chi connectivity index (χ1v) is 9.73. The Morgan fingerprint density at radius 2 is 1.48 bits per heavy atom. The molecule has 0 bridgehead atoms. The van der Waals surface area contributed by atoms with E-state index >= 15 is 0 Å². The average Bonchev–Trinajstić information content (AvgIpc) is 2.46. The minimum Gasteiger partial charge on any atom is -0.383 e. The maximum Gasteiger partial charge on any atom is 0.128 e. The maximum atomic E-state index is 5.46. The lowest BCUT2D eigenvalue weighted by molar-refractivity contribution is 1.22. The Kier molecular flexibility index (Phi) is 11.0. The topological polar surface area (TPSA) is 63.8 Å². The number of pyridine rings is 2. The molecule has 4 nitrogen and oxygen atoms in total. The van der Waals surface area contributed by atoms with Gasteiger partial charge in [0.1, 0.15) is 11.6 Å². The largest absolute Gasteiger partial charge is 0.383 e. The van der Waals surface area contributed by atoms with Crippen LogP contribution in [-0.2, 0) is 0 Å². The van der Waals surface area contributed by atoms with Crippen LogP contribution in [0, 0.1) is 13.8 Å². The maximum absolute atomic E-state index is 5.46. The van der Waals surface area contributed by atoms with Gasteiger partial charge in [-0.15, -0.1) is 0 Å². The first kappa shape index (κ1) is 20.6. The van der Waals surface area contributed by atoms with Crippen molar-refractivity contribution < 1.29 is 0 Å². The molecule has 2 rings (SSSR count). The van der Waals surface area contributed by atoms with E-state index in [1.165, 1.54) is 0 Å². The molecule has 0 amide bonds. The number of hydrogen-bond acceptors (Lipinski definition) is 4. The van der Waals surface area contributed by atoms with Crippen LogP contribution in [0.2, 0.25) is 0 Å². The summed E-state index contributed by atoms with van der Waals surface area (Å²) in [5.41, 5.74) is 7.61. The summed E-state index contributed by atoms with van der Waals surface area (Å²) >= 11 is 8.76. The number of nitrogens with two attached hydrogens (primary N) is 1. The van der Waals surface area contributed by atoms with Crippen molar-refractivity contribution in [3.63, 3.8) is 0 Å². The minimum atomic E-state index is 0.596. The molecule has 0 aromatic carbocycles. The van der Waals surface area contributed by atoms with Gasteiger partial charge < -0.3 is 11.1 Å². The van der Waals surface area contributed by atoms with Crippen LogP contribution in [0.4, 0.5) is 11.6 Å². The van der Waals surface area contributed by atoms with E-state index in [9.17, 15) is 0 Å². The Morgan fingerprint density at radius 1 is 1.00 bits per heavy atom. The van der Waals surface area contributed by atoms with Gasteiger partial charge in [0.25, 0.3) is 0 Å². The van der Waals surface area contributed by atoms with Crippen molar-refractivity contribution >= 4 is 66.1 Å². The molecule has 0 aliphatic rings. The molecule has 0 unspecified atom stereocenters. The predicted molar refractivity (Wildman–Crippen MR) is 107 cm³/mol. The van der Waals surface area contributed by atoms with E-state index in [0.717, 1.165) is 25.9 Å². The number of alkyl halides is 1. The van der Waals surface area contributed by atoms with Crippen molar-refractivity contribution in [3.05, 3.63) is 44.6 Å². The van der Waals surface area contributed by atoms with E-state index in [1.54, 1.807) is 12.4 Å². The second-order valence-electron chi connectivity index (χ2n) is 3.92. The highest BCUT2D eigenvalue weighted by Crippen LogP contribution is 2.15. The second-order valence-corrected chi connectivity index (χ2v) is 5.76. The van der Waals surface area contributed by atoms with E-state index in [-0.39, 0.29) is 0 Å². The zero-order valence-electron chi connectivity index (χ0n) is 12.4. The third-order valence-electron chi connectivity index (χ3n) is 2.37. The molecule has 0 radical (unpaired) electrons. The predicted octanol–water partition coefficient (Wildman–Crippen LogP) is 4.98. The summed E-state index contributed by atoms with van der Waals surface area (Å²) in [5, 5.41) is 2.99. The molecule has 0 aliphatic carbocycles. The summed E-state index contributed by atoms with van der Waals surface area (Å²) in [6, 6.07) is 3.96. The van der Waals surface area contributed by atoms with E-state index < -0.39 is 0 Å². The van der Waals surface area contributed by atoms with Crippen LogP contribution in [0.25, 0.3) is 0 Å². The Hall–Kier alpha value is -0.410. The number of anilines is 2. The van der Waals surface area contributed by atoms with Gasteiger partial charge in [0, 0.05) is 28.4 Å². The molecule has 116 valence electrons. The van der Waals surface area contributed by atoms with Crippen molar-refractivity contribution in [2.45, 2.75) is 13.8 Å². The van der Waals surface area contributed by atoms with Gasteiger partial charge in [-0.1, -0.05) is 22.6 Å². The van der Waals surface area contributed by atoms with Gasteiger partial charge in [-0.05, 0) is 73.9 Å². The fourth-order valence-electron chi connectivity index (χ4n) is 1.35. The summed E-state index contributed by atoms with van der Waals surface area (Å²) in [4.78, 5) is 10.0. The summed E-state index contributed by atoms with van der Waals surface area (Å²) in [5.74, 6) is 1.53. The Bertz CT molecular complexity index is 565. The van der Waals surface area contributed by atoms with E-state index in [0.29, 0.717) is 5.82 Å². The van der Waals surface area contributed by atoms with Crippen molar-refractivity contribution in [2.24, 2.45) is 0 Å². The van der Waals surface area contributed by atoms with Gasteiger partial charge >= 0.3 is 0 Å². The van der Waals surface area contributed by atoms with E-state index in [1.807, 2.05) is 38.0 Å². The van der Waals surface area contributed by atoms with Crippen LogP contribution in [0.5, 0.6) is 0 Å². The molecular formula is C14H19Br2IN4. The Morgan fingerprint density at radius 3 is 1.86 bits per heavy atom. The van der Waals surface area contributed by atoms with Gasteiger partial charge in [-0.25, -0.2) is 9.97 Å². The number of nitrogen functional groups attached to an aromatic ring is 1. The minimum absolute atomic E-state index is 0.596. The molecule has 0 saturated heterocycles. The smallest absolute Gasteiger partial charge is 0.128 e. The average molecular weight is 530 g/mol. The SMILES string of the molecule is CI.CNc1ncc(Br)cc1C.Cc1cc(Br)cnc1N. The Labute approximate surface area is 156 Å². The number of nitrogens with one attached hydrogen (secondary N) is 1. The third-order valence-corrected chi connectivity index (χ3v) is 3.23. The highest BCUT2D eigenvalue weighted by Gasteiger charge is 1.95. The summed E-state index contributed by atoms with van der Waals surface area (Å²) in [7, 11) is 1.86. The fraction of sp³-hybridized carbons (Fsp3) is 0.286. The summed E-state index contributed by atoms with van der Waals surface area (Å²) in [6.07, 6.45) is 3.46. The first-order chi connectivity index (χ1) is 9.93. The molecule has 0 fully saturated rings. The van der Waals surface area contributed by atoms with Gasteiger partial charge in [0.05, 0.1) is 0 Å². The van der Waals surface area contributed by atoms with Crippen molar-refractivity contribution in [2.75, 3.05) is 23.0 Å². The molecule has 3 N–H and O–H groups in total. The highest BCUT2D eigenvalue weighted by atomic mass is 127. The molecule has 21 heavy (non-hydrogen) atoms. The number of nitrogens with zero attached hydrogens (tertiary/aromatic N) is 2. The zero-order valence-corrected chi connectivity index (χ0v) is 17.7. The molecule has 2 aromatic heterocycles. The van der Waals surface area contributed by atoms with Gasteiger partial charge in [-0.3, -0.25) is 0 Å². The lowest BCUT2D eigenvalue weighted by Gasteiger charge is -2.02. The lowest BCUT2D eigenvalue weighted by Crippen LogP contribution is -1.94. The molecular weight excluding hydrogens is 511 g/mol. The van der Waals surface area contributed by atoms with Crippen LogP contribution in [0.3, 0.4) is 0 Å². The van der Waals surface area contributed by atoms with Gasteiger partial charge in [0.15, 0.2) is 0 Å². The standard InChI is InChI=1S/C7H9BrN2.C6H7BrN2.CH3I/c1-5-3-6(8)4-10-7(5)9-2;1-4-2-5(7)3-9-6(4)8;1-2/h3-4H,1-2H3,(H,9,10);2-3H,1H3,(H2,8,9);1H3. The van der Waals surface area contributed by atoms with Crippen LogP contribution in [0.15, 0.2) is 33.5 Å². The van der Waals surface area contributed by atoms with Crippen molar-refractivity contribution in [3.8, 4) is 0 Å². The molecule has 7 heteroatoms. The van der Waals surface area contributed by atoms with Crippen LogP contribution in [-0.4, -0.2) is 21.9 Å². The number of halogens is 3. The molecule has 2 aromatic rings. The first-order valence-electron chi connectivity index (χ1n) is 5.99. The van der Waals surface area contributed by atoms with Gasteiger partial charge in [0.2, 0.25) is 0 Å². The van der Waals surface area contributed by atoms with Crippen LogP contribution >= 0.6 is 54.5 Å². The molecule has 2 heterocycles. The van der Waals surface area contributed by atoms with Gasteiger partial charge in [-0.2, -0.15) is 0 Å². The molecule has 0 atom stereocenters. The van der Waals surface area contributed by atoms with E-state index in [4.69, 9.17) is 5.73 Å². The van der Waals surface area contributed by atoms with Crippen molar-refractivity contribution in [1.82, 2.24) is 9.97 Å². The van der Waals surface area contributed by atoms with Crippen LogP contribution in [0.1, 0.15) is 11.1 Å². The number of rotatable bonds is 1. The monoisotopic (exact) mass is 528 g/mol. The highest BCUT2D eigenvalue weighted by molar-refractivity contribution is 14.1. The number of hydrogen-bond donors (Lipinski definition) is 2. The van der Waals surface area contributed by atoms with Crippen molar-refractivity contribution in [1.29, 1.82) is 0 Å². The van der Waals surface area contributed by atoms with E-state index in [2.05, 4.69) is 69.7 Å². The number of aryl methyl sites for hydroxylation is 2. The second kappa shape index (κ2) is 11.2. The summed E-state index contributed by atoms with van der Waals surface area (Å²) < 4.78 is 1.98. The summed E-state index contributed by atoms with van der Waals surface area (Å²) in [6.45, 7) is 3.94. The Balaban J connectivity index is 0.000000342. The fourth-order valence-corrected chi connectivity index (χ4v) is 2.24. The third kappa shape index (κ3) is 7.96. The normalized spacial score (nSPS) is 8.90. The molecule has 0 spiro atoms.